The highest BCUT2D eigenvalue weighted by Gasteiger charge is 2.20. The van der Waals surface area contributed by atoms with Gasteiger partial charge in [-0.1, -0.05) is 12.1 Å². The van der Waals surface area contributed by atoms with Gasteiger partial charge in [0.05, 0.1) is 22.8 Å². The standard InChI is InChI=1S/C45H36N9S/c1-52-22-16-29(17-23-52)42-35-10-8-33(48-35)41(28-4-6-32(7-5-28)47-45(46)55)34-9-11-36(49-34)43(30-18-24-53(2)25-19-30)38-13-15-40(51-38)44(39-14-12-37(42)50-39)31-20-26-54(3)27-21-31/h4-27H,1-3H3,(H3-,46,47,48,49,50,51,55)/q+1/p+2. The lowest BCUT2D eigenvalue weighted by molar-refractivity contribution is -0.671. The van der Waals surface area contributed by atoms with Crippen molar-refractivity contribution in [2.45, 2.75) is 0 Å². The monoisotopic (exact) mass is 736 g/mol. The minimum absolute atomic E-state index is 0.218. The molecule has 7 aromatic rings. The van der Waals surface area contributed by atoms with E-state index in [1.165, 1.54) is 0 Å². The number of benzene rings is 1. The second-order valence-electron chi connectivity index (χ2n) is 13.8. The molecule has 8 heterocycles. The van der Waals surface area contributed by atoms with Crippen LogP contribution in [-0.2, 0) is 21.1 Å². The third kappa shape index (κ3) is 6.49. The smallest absolute Gasteiger partial charge is 0.169 e. The zero-order valence-corrected chi connectivity index (χ0v) is 31.4. The lowest BCUT2D eigenvalue weighted by Gasteiger charge is -2.08. The number of pyridine rings is 3. The number of anilines is 1. The lowest BCUT2D eigenvalue weighted by Crippen LogP contribution is -2.25. The van der Waals surface area contributed by atoms with Crippen LogP contribution in [0.25, 0.3) is 90.9 Å². The summed E-state index contributed by atoms with van der Waals surface area (Å²) in [4.78, 5) is 18.4. The minimum atomic E-state index is 0.218. The molecule has 2 aliphatic heterocycles. The van der Waals surface area contributed by atoms with Gasteiger partial charge in [-0.15, -0.1) is 0 Å². The molecule has 0 saturated heterocycles. The van der Waals surface area contributed by atoms with Gasteiger partial charge >= 0.3 is 0 Å². The second-order valence-corrected chi connectivity index (χ2v) is 14.3. The Morgan fingerprint density at radius 1 is 0.473 bits per heavy atom. The molecule has 55 heavy (non-hydrogen) atoms. The number of hydrogen-bond donors (Lipinski definition) is 4. The van der Waals surface area contributed by atoms with E-state index >= 15 is 0 Å². The molecule has 9 nitrogen and oxygen atoms in total. The molecule has 10 heteroatoms. The molecule has 2 aliphatic rings. The minimum Gasteiger partial charge on any atom is -0.376 e. The number of fused-ring (bicyclic) bond motifs is 8. The number of nitrogens with zero attached hydrogens (tertiary/aromatic N) is 5. The van der Waals surface area contributed by atoms with Gasteiger partial charge in [0.25, 0.3) is 0 Å². The fourth-order valence-corrected chi connectivity index (χ4v) is 7.40. The Morgan fingerprint density at radius 3 is 1.05 bits per heavy atom. The van der Waals surface area contributed by atoms with Crippen molar-refractivity contribution < 1.29 is 13.7 Å². The molecule has 6 aromatic heterocycles. The molecule has 9 rings (SSSR count). The van der Waals surface area contributed by atoms with Gasteiger partial charge in [0.2, 0.25) is 0 Å². The molecule has 1 aromatic carbocycles. The highest BCUT2D eigenvalue weighted by molar-refractivity contribution is 7.80. The predicted octanol–water partition coefficient (Wildman–Crippen LogP) is 7.45. The van der Waals surface area contributed by atoms with Gasteiger partial charge in [0.15, 0.2) is 42.3 Å². The summed E-state index contributed by atoms with van der Waals surface area (Å²) in [6.45, 7) is 0. The van der Waals surface area contributed by atoms with Crippen LogP contribution in [0.4, 0.5) is 5.69 Å². The molecule has 0 aliphatic carbocycles. The second kappa shape index (κ2) is 13.7. The van der Waals surface area contributed by atoms with E-state index in [0.717, 1.165) is 95.0 Å². The molecule has 0 radical (unpaired) electrons. The van der Waals surface area contributed by atoms with E-state index in [1.807, 2.05) is 47.0 Å². The fourth-order valence-electron chi connectivity index (χ4n) is 7.29. The Hall–Kier alpha value is -7.04. The number of aryl methyl sites for hydroxylation is 3. The van der Waals surface area contributed by atoms with Gasteiger partial charge in [-0.25, -0.2) is 23.7 Å². The van der Waals surface area contributed by atoms with Crippen molar-refractivity contribution in [2.24, 2.45) is 26.9 Å². The van der Waals surface area contributed by atoms with Gasteiger partial charge in [-0.2, -0.15) is 0 Å². The molecule has 0 atom stereocenters. The highest BCUT2D eigenvalue weighted by atomic mass is 32.1. The maximum Gasteiger partial charge on any atom is 0.169 e. The summed E-state index contributed by atoms with van der Waals surface area (Å²) in [5, 5.41) is 3.26. The zero-order chi connectivity index (χ0) is 37.6. The quantitative estimate of drug-likeness (QED) is 0.109. The van der Waals surface area contributed by atoms with Crippen molar-refractivity contribution in [2.75, 3.05) is 5.32 Å². The van der Waals surface area contributed by atoms with E-state index in [2.05, 4.69) is 150 Å². The third-order valence-electron chi connectivity index (χ3n) is 10.00. The van der Waals surface area contributed by atoms with E-state index in [-0.39, 0.29) is 5.11 Å². The highest BCUT2D eigenvalue weighted by Crippen LogP contribution is 2.38. The van der Waals surface area contributed by atoms with E-state index in [9.17, 15) is 0 Å². The number of aromatic amines is 2. The number of rotatable bonds is 5. The maximum absolute atomic E-state index is 5.80. The molecule has 0 amide bonds. The molecule has 0 saturated carbocycles. The number of nitrogens with two attached hydrogens (primary N) is 1. The Labute approximate surface area is 323 Å². The zero-order valence-electron chi connectivity index (χ0n) is 30.6. The fraction of sp³-hybridized carbons (Fsp3) is 0.0667. The molecule has 5 N–H and O–H groups in total. The molecule has 0 spiro atoms. The van der Waals surface area contributed by atoms with Crippen LogP contribution >= 0.6 is 12.2 Å². The van der Waals surface area contributed by atoms with Gasteiger partial charge < -0.3 is 21.0 Å². The predicted molar refractivity (Wildman–Crippen MR) is 225 cm³/mol. The normalized spacial score (nSPS) is 11.9. The lowest BCUT2D eigenvalue weighted by atomic mass is 10.0. The van der Waals surface area contributed by atoms with E-state index in [1.54, 1.807) is 0 Å². The topological polar surface area (TPSA) is 107 Å². The summed E-state index contributed by atoms with van der Waals surface area (Å²) < 4.78 is 6.11. The molecule has 8 bridgehead atoms. The number of H-pyrrole nitrogens is 2. The van der Waals surface area contributed by atoms with Crippen LogP contribution in [-0.4, -0.2) is 25.0 Å². The summed E-state index contributed by atoms with van der Waals surface area (Å²) in [7, 11) is 6.07. The van der Waals surface area contributed by atoms with Crippen molar-refractivity contribution in [3.63, 3.8) is 0 Å². The van der Waals surface area contributed by atoms with Crippen molar-refractivity contribution >= 4 is 69.4 Å². The van der Waals surface area contributed by atoms with E-state index in [0.29, 0.717) is 0 Å². The summed E-state index contributed by atoms with van der Waals surface area (Å²) in [5.74, 6) is 0. The Bertz CT molecular complexity index is 2820. The molecule has 266 valence electrons. The first-order valence-electron chi connectivity index (χ1n) is 18.0. The van der Waals surface area contributed by atoms with Crippen molar-refractivity contribution in [3.05, 3.63) is 145 Å². The summed E-state index contributed by atoms with van der Waals surface area (Å²) in [5.41, 5.74) is 21.9. The summed E-state index contributed by atoms with van der Waals surface area (Å²) >= 11 is 5.11. The van der Waals surface area contributed by atoms with Gasteiger partial charge in [0, 0.05) is 86.4 Å². The van der Waals surface area contributed by atoms with Crippen LogP contribution < -0.4 is 24.8 Å². The number of hydrogen-bond acceptors (Lipinski definition) is 3. The first-order valence-corrected chi connectivity index (χ1v) is 18.4. The Balaban J connectivity index is 1.44. The van der Waals surface area contributed by atoms with Gasteiger partial charge in [-0.3, -0.25) is 0 Å². The summed E-state index contributed by atoms with van der Waals surface area (Å²) in [6.07, 6.45) is 20.8. The molecular formula is C45H38N9S+3. The average molecular weight is 737 g/mol. The first-order chi connectivity index (χ1) is 26.8. The Morgan fingerprint density at radius 2 is 0.764 bits per heavy atom. The van der Waals surface area contributed by atoms with Crippen LogP contribution in [0.5, 0.6) is 0 Å². The van der Waals surface area contributed by atoms with Crippen LogP contribution in [0.15, 0.2) is 122 Å². The van der Waals surface area contributed by atoms with Crippen LogP contribution in [0.2, 0.25) is 0 Å². The van der Waals surface area contributed by atoms with Crippen molar-refractivity contribution in [1.82, 2.24) is 19.9 Å². The van der Waals surface area contributed by atoms with Crippen molar-refractivity contribution in [3.8, 4) is 44.5 Å². The first kappa shape index (κ1) is 33.8. The molecule has 0 fully saturated rings. The summed E-state index contributed by atoms with van der Waals surface area (Å²) in [6, 6.07) is 29.5. The van der Waals surface area contributed by atoms with Crippen LogP contribution in [0.3, 0.4) is 0 Å². The maximum atomic E-state index is 5.80. The average Bonchev–Trinajstić information content (AvgIpc) is 4.02. The number of thiocarbonyl (C=S) groups is 1. The Kier molecular flexibility index (Phi) is 8.44. The third-order valence-corrected chi connectivity index (χ3v) is 10.1. The van der Waals surface area contributed by atoms with E-state index in [4.69, 9.17) is 27.9 Å². The van der Waals surface area contributed by atoms with Crippen LogP contribution in [0.1, 0.15) is 22.8 Å². The van der Waals surface area contributed by atoms with Crippen LogP contribution in [0, 0.1) is 0 Å². The number of nitrogens with one attached hydrogen (secondary N) is 3. The number of aromatic nitrogens is 7. The molecule has 0 unspecified atom stereocenters. The SMILES string of the molecule is C[n+]1ccc(-c2c3nc(c(-c4cc[n+](C)cc4)c4ccc([nH]4)c(-c4cc[n+](C)cc4)c4nc(c(-c5ccc(NC(N)=S)cc5)c5ccc2[nH]5)C=C4)C=C3)cc1. The van der Waals surface area contributed by atoms with Crippen molar-refractivity contribution in [1.29, 1.82) is 0 Å². The van der Waals surface area contributed by atoms with Gasteiger partial charge in [0.1, 0.15) is 21.1 Å². The van der Waals surface area contributed by atoms with Gasteiger partial charge in [-0.05, 0) is 95.2 Å². The van der Waals surface area contributed by atoms with E-state index < -0.39 is 0 Å². The molecular weight excluding hydrogens is 699 g/mol. The largest absolute Gasteiger partial charge is 0.376 e.